The lowest BCUT2D eigenvalue weighted by atomic mass is 10.1. The Balaban J connectivity index is 1.71. The van der Waals surface area contributed by atoms with Crippen molar-refractivity contribution in [3.63, 3.8) is 0 Å². The molecule has 0 spiro atoms. The van der Waals surface area contributed by atoms with Gasteiger partial charge in [0.05, 0.1) is 12.2 Å². The van der Waals surface area contributed by atoms with Crippen LogP contribution in [0.3, 0.4) is 0 Å². The standard InChI is InChI=1S/C16H22N4O2/c1-10(2)16-17-13-8-19(6-5-14(13)22-16)15(21)9-20-12(4)7-11(3)18-20/h7,10H,5-6,8-9H2,1-4H3. The van der Waals surface area contributed by atoms with Crippen LogP contribution in [0.5, 0.6) is 0 Å². The van der Waals surface area contributed by atoms with Crippen molar-refractivity contribution in [3.05, 3.63) is 34.8 Å². The molecule has 0 N–H and O–H groups in total. The van der Waals surface area contributed by atoms with Gasteiger partial charge in [-0.05, 0) is 19.9 Å². The Kier molecular flexibility index (Phi) is 3.76. The fourth-order valence-corrected chi connectivity index (χ4v) is 2.74. The predicted octanol–water partition coefficient (Wildman–Crippen LogP) is 2.20. The summed E-state index contributed by atoms with van der Waals surface area (Å²) < 4.78 is 7.53. The zero-order chi connectivity index (χ0) is 15.9. The normalized spacial score (nSPS) is 14.5. The van der Waals surface area contributed by atoms with Crippen LogP contribution in [0.1, 0.15) is 48.5 Å². The van der Waals surface area contributed by atoms with Gasteiger partial charge in [-0.15, -0.1) is 0 Å². The van der Waals surface area contributed by atoms with E-state index in [2.05, 4.69) is 23.9 Å². The van der Waals surface area contributed by atoms with E-state index in [4.69, 9.17) is 4.42 Å². The van der Waals surface area contributed by atoms with E-state index in [1.54, 1.807) is 4.68 Å². The van der Waals surface area contributed by atoms with Crippen LogP contribution in [0.2, 0.25) is 0 Å². The van der Waals surface area contributed by atoms with Crippen LogP contribution in [0.15, 0.2) is 10.5 Å². The minimum Gasteiger partial charge on any atom is -0.445 e. The number of carbonyl (C=O) groups excluding carboxylic acids is 1. The molecule has 3 heterocycles. The molecule has 0 aromatic carbocycles. The van der Waals surface area contributed by atoms with Crippen molar-refractivity contribution in [3.8, 4) is 0 Å². The van der Waals surface area contributed by atoms with Crippen molar-refractivity contribution in [1.82, 2.24) is 19.7 Å². The first-order chi connectivity index (χ1) is 10.4. The minimum atomic E-state index is 0.0750. The number of aromatic nitrogens is 3. The third kappa shape index (κ3) is 2.77. The van der Waals surface area contributed by atoms with E-state index in [0.717, 1.165) is 35.2 Å². The summed E-state index contributed by atoms with van der Waals surface area (Å²) in [6.45, 7) is 9.51. The molecule has 0 saturated heterocycles. The summed E-state index contributed by atoms with van der Waals surface area (Å²) in [5.74, 6) is 2.03. The van der Waals surface area contributed by atoms with Gasteiger partial charge in [0, 0.05) is 24.6 Å². The molecule has 1 aliphatic heterocycles. The monoisotopic (exact) mass is 302 g/mol. The highest BCUT2D eigenvalue weighted by atomic mass is 16.4. The first-order valence-corrected chi connectivity index (χ1v) is 7.71. The van der Waals surface area contributed by atoms with Gasteiger partial charge in [-0.2, -0.15) is 5.10 Å². The lowest BCUT2D eigenvalue weighted by Crippen LogP contribution is -2.38. The lowest BCUT2D eigenvalue weighted by molar-refractivity contribution is -0.133. The molecule has 0 saturated carbocycles. The molecule has 3 rings (SSSR count). The lowest BCUT2D eigenvalue weighted by Gasteiger charge is -2.25. The smallest absolute Gasteiger partial charge is 0.244 e. The summed E-state index contributed by atoms with van der Waals surface area (Å²) in [4.78, 5) is 18.9. The van der Waals surface area contributed by atoms with Gasteiger partial charge in [0.25, 0.3) is 0 Å². The summed E-state index contributed by atoms with van der Waals surface area (Å²) in [6.07, 6.45) is 0.734. The average Bonchev–Trinajstić information content (AvgIpc) is 3.01. The molecule has 1 aliphatic rings. The van der Waals surface area contributed by atoms with Crippen LogP contribution in [-0.2, 0) is 24.3 Å². The van der Waals surface area contributed by atoms with Crippen molar-refractivity contribution in [2.24, 2.45) is 0 Å². The number of fused-ring (bicyclic) bond motifs is 1. The first kappa shape index (κ1) is 14.8. The fourth-order valence-electron chi connectivity index (χ4n) is 2.74. The molecule has 0 atom stereocenters. The molecule has 0 bridgehead atoms. The summed E-state index contributed by atoms with van der Waals surface area (Å²) >= 11 is 0. The maximum atomic E-state index is 12.5. The molecule has 0 unspecified atom stereocenters. The second-order valence-corrected chi connectivity index (χ2v) is 6.23. The quantitative estimate of drug-likeness (QED) is 0.872. The van der Waals surface area contributed by atoms with Gasteiger partial charge in [-0.25, -0.2) is 4.98 Å². The molecule has 118 valence electrons. The van der Waals surface area contributed by atoms with Gasteiger partial charge in [0.1, 0.15) is 18.0 Å². The van der Waals surface area contributed by atoms with Crippen molar-refractivity contribution in [2.75, 3.05) is 6.54 Å². The Morgan fingerprint density at radius 2 is 2.18 bits per heavy atom. The van der Waals surface area contributed by atoms with Crippen LogP contribution in [-0.4, -0.2) is 32.1 Å². The Bertz CT molecular complexity index is 699. The molecule has 0 fully saturated rings. The largest absolute Gasteiger partial charge is 0.445 e. The van der Waals surface area contributed by atoms with Crippen LogP contribution in [0.4, 0.5) is 0 Å². The number of carbonyl (C=O) groups is 1. The molecule has 2 aromatic rings. The number of hydrogen-bond donors (Lipinski definition) is 0. The summed E-state index contributed by atoms with van der Waals surface area (Å²) in [5.41, 5.74) is 2.84. The van der Waals surface area contributed by atoms with Gasteiger partial charge in [-0.3, -0.25) is 9.48 Å². The second kappa shape index (κ2) is 5.59. The van der Waals surface area contributed by atoms with E-state index in [0.29, 0.717) is 13.1 Å². The molecular formula is C16H22N4O2. The molecule has 0 radical (unpaired) electrons. The van der Waals surface area contributed by atoms with Crippen LogP contribution >= 0.6 is 0 Å². The number of nitrogens with zero attached hydrogens (tertiary/aromatic N) is 4. The van der Waals surface area contributed by atoms with Crippen molar-refractivity contribution in [2.45, 2.75) is 53.1 Å². The third-order valence-electron chi connectivity index (χ3n) is 3.98. The van der Waals surface area contributed by atoms with Crippen LogP contribution in [0, 0.1) is 13.8 Å². The summed E-state index contributed by atoms with van der Waals surface area (Å²) in [5, 5.41) is 4.35. The number of amides is 1. The van der Waals surface area contributed by atoms with E-state index in [1.807, 2.05) is 24.8 Å². The Morgan fingerprint density at radius 1 is 1.41 bits per heavy atom. The Morgan fingerprint density at radius 3 is 2.82 bits per heavy atom. The topological polar surface area (TPSA) is 64.2 Å². The molecule has 2 aromatic heterocycles. The number of hydrogen-bond acceptors (Lipinski definition) is 4. The molecule has 1 amide bonds. The predicted molar refractivity (Wildman–Crippen MR) is 81.4 cm³/mol. The second-order valence-electron chi connectivity index (χ2n) is 6.23. The average molecular weight is 302 g/mol. The number of aryl methyl sites for hydroxylation is 2. The van der Waals surface area contributed by atoms with E-state index in [9.17, 15) is 4.79 Å². The number of rotatable bonds is 3. The molecule has 6 nitrogen and oxygen atoms in total. The SMILES string of the molecule is Cc1cc(C)n(CC(=O)N2CCc3oc(C(C)C)nc3C2)n1. The Labute approximate surface area is 130 Å². The minimum absolute atomic E-state index is 0.0750. The first-order valence-electron chi connectivity index (χ1n) is 7.71. The Hall–Kier alpha value is -2.11. The van der Waals surface area contributed by atoms with E-state index >= 15 is 0 Å². The summed E-state index contributed by atoms with van der Waals surface area (Å²) in [6, 6.07) is 1.98. The van der Waals surface area contributed by atoms with Crippen LogP contribution in [0.25, 0.3) is 0 Å². The van der Waals surface area contributed by atoms with E-state index in [-0.39, 0.29) is 18.4 Å². The molecule has 22 heavy (non-hydrogen) atoms. The van der Waals surface area contributed by atoms with Gasteiger partial charge in [-0.1, -0.05) is 13.8 Å². The zero-order valence-corrected chi connectivity index (χ0v) is 13.6. The maximum Gasteiger partial charge on any atom is 0.244 e. The maximum absolute atomic E-state index is 12.5. The van der Waals surface area contributed by atoms with Gasteiger partial charge in [0.2, 0.25) is 5.91 Å². The van der Waals surface area contributed by atoms with Crippen molar-refractivity contribution >= 4 is 5.91 Å². The summed E-state index contributed by atoms with van der Waals surface area (Å²) in [7, 11) is 0. The van der Waals surface area contributed by atoms with E-state index in [1.165, 1.54) is 0 Å². The van der Waals surface area contributed by atoms with Gasteiger partial charge >= 0.3 is 0 Å². The highest BCUT2D eigenvalue weighted by molar-refractivity contribution is 5.76. The fraction of sp³-hybridized carbons (Fsp3) is 0.562. The van der Waals surface area contributed by atoms with Crippen LogP contribution < -0.4 is 0 Å². The highest BCUT2D eigenvalue weighted by Crippen LogP contribution is 2.23. The van der Waals surface area contributed by atoms with Gasteiger partial charge in [0.15, 0.2) is 5.89 Å². The number of oxazole rings is 1. The molecule has 0 aliphatic carbocycles. The third-order valence-corrected chi connectivity index (χ3v) is 3.98. The van der Waals surface area contributed by atoms with E-state index < -0.39 is 0 Å². The van der Waals surface area contributed by atoms with Crippen molar-refractivity contribution in [1.29, 1.82) is 0 Å². The zero-order valence-electron chi connectivity index (χ0n) is 13.6. The van der Waals surface area contributed by atoms with Crippen molar-refractivity contribution < 1.29 is 9.21 Å². The molecular weight excluding hydrogens is 280 g/mol. The van der Waals surface area contributed by atoms with Gasteiger partial charge < -0.3 is 9.32 Å². The molecule has 6 heteroatoms. The highest BCUT2D eigenvalue weighted by Gasteiger charge is 2.26.